The highest BCUT2D eigenvalue weighted by atomic mass is 79.9. The Labute approximate surface area is 104 Å². The molecule has 2 heterocycles. The minimum Gasteiger partial charge on any atom is -0.386 e. The number of rotatable bonds is 0. The molecule has 2 unspecified atom stereocenters. The molecule has 3 rings (SSSR count). The molecule has 1 aromatic carbocycles. The van der Waals surface area contributed by atoms with E-state index in [1.165, 1.54) is 0 Å². The van der Waals surface area contributed by atoms with Crippen LogP contribution in [0, 0.1) is 0 Å². The molecule has 0 aliphatic carbocycles. The van der Waals surface area contributed by atoms with Crippen molar-refractivity contribution in [2.75, 3.05) is 25.0 Å². The van der Waals surface area contributed by atoms with E-state index >= 15 is 0 Å². The molecule has 0 saturated carbocycles. The van der Waals surface area contributed by atoms with Crippen molar-refractivity contribution in [2.24, 2.45) is 0 Å². The van der Waals surface area contributed by atoms with Gasteiger partial charge in [-0.25, -0.2) is 0 Å². The summed E-state index contributed by atoms with van der Waals surface area (Å²) >= 11 is 3.49. The molecule has 2 atom stereocenters. The number of anilines is 1. The largest absolute Gasteiger partial charge is 0.386 e. The van der Waals surface area contributed by atoms with Crippen molar-refractivity contribution < 1.29 is 5.11 Å². The van der Waals surface area contributed by atoms with E-state index in [-0.39, 0.29) is 11.6 Å². The number of nitrogens with one attached hydrogen (secondary N) is 1. The lowest BCUT2D eigenvalue weighted by atomic mass is 9.90. The number of nitrogens with zero attached hydrogens (tertiary/aromatic N) is 1. The fourth-order valence-electron chi connectivity index (χ4n) is 2.97. The Morgan fingerprint density at radius 3 is 3.06 bits per heavy atom. The summed E-state index contributed by atoms with van der Waals surface area (Å²) in [6, 6.07) is 6.11. The van der Waals surface area contributed by atoms with Gasteiger partial charge in [0.1, 0.15) is 6.10 Å². The maximum absolute atomic E-state index is 10.5. The number of fused-ring (bicyclic) bond motifs is 1. The van der Waals surface area contributed by atoms with Gasteiger partial charge in [-0.1, -0.05) is 22.0 Å². The topological polar surface area (TPSA) is 35.5 Å². The molecule has 1 spiro atoms. The molecule has 4 heteroatoms. The molecule has 2 aliphatic rings. The molecule has 1 fully saturated rings. The van der Waals surface area contributed by atoms with Gasteiger partial charge in [0.15, 0.2) is 0 Å². The first kappa shape index (κ1) is 10.6. The molecular weight excluding hydrogens is 268 g/mol. The molecule has 2 aliphatic heterocycles. The van der Waals surface area contributed by atoms with Gasteiger partial charge in [0.2, 0.25) is 0 Å². The molecule has 1 aromatic rings. The van der Waals surface area contributed by atoms with E-state index in [1.807, 2.05) is 12.1 Å². The van der Waals surface area contributed by atoms with Crippen molar-refractivity contribution in [3.63, 3.8) is 0 Å². The van der Waals surface area contributed by atoms with E-state index < -0.39 is 0 Å². The van der Waals surface area contributed by atoms with E-state index in [4.69, 9.17) is 0 Å². The third-order valence-corrected chi connectivity index (χ3v) is 4.48. The number of aliphatic hydroxyl groups is 1. The highest BCUT2D eigenvalue weighted by Crippen LogP contribution is 2.48. The summed E-state index contributed by atoms with van der Waals surface area (Å²) in [5, 5.41) is 13.8. The van der Waals surface area contributed by atoms with Crippen molar-refractivity contribution in [3.05, 3.63) is 28.2 Å². The zero-order valence-corrected chi connectivity index (χ0v) is 10.8. The Bertz CT molecular complexity index is 429. The standard InChI is InChI=1S/C12H15BrN2O/c1-15-10-6-8(13)2-3-9(10)11(16)12(15)4-5-14-7-12/h2-3,6,11,14,16H,4-5,7H2,1H3. The van der Waals surface area contributed by atoms with Crippen LogP contribution in [-0.2, 0) is 0 Å². The van der Waals surface area contributed by atoms with Crippen LogP contribution in [0.15, 0.2) is 22.7 Å². The third kappa shape index (κ3) is 1.21. The van der Waals surface area contributed by atoms with Gasteiger partial charge in [0.05, 0.1) is 5.54 Å². The highest BCUT2D eigenvalue weighted by Gasteiger charge is 2.50. The lowest BCUT2D eigenvalue weighted by Gasteiger charge is -2.35. The first-order valence-corrected chi connectivity index (χ1v) is 6.36. The first-order valence-electron chi connectivity index (χ1n) is 5.57. The van der Waals surface area contributed by atoms with E-state index in [0.717, 1.165) is 35.2 Å². The highest BCUT2D eigenvalue weighted by molar-refractivity contribution is 9.10. The molecule has 2 N–H and O–H groups in total. The van der Waals surface area contributed by atoms with Crippen molar-refractivity contribution >= 4 is 21.6 Å². The SMILES string of the molecule is CN1c2cc(Br)ccc2C(O)C12CCNC2. The summed E-state index contributed by atoms with van der Waals surface area (Å²) in [7, 11) is 2.08. The van der Waals surface area contributed by atoms with Crippen LogP contribution in [0.3, 0.4) is 0 Å². The molecular formula is C12H15BrN2O. The maximum Gasteiger partial charge on any atom is 0.105 e. The number of halogens is 1. The van der Waals surface area contributed by atoms with Gasteiger partial charge < -0.3 is 15.3 Å². The number of aliphatic hydroxyl groups excluding tert-OH is 1. The second kappa shape index (κ2) is 3.45. The molecule has 0 radical (unpaired) electrons. The molecule has 3 nitrogen and oxygen atoms in total. The van der Waals surface area contributed by atoms with Gasteiger partial charge in [-0.2, -0.15) is 0 Å². The zero-order chi connectivity index (χ0) is 11.3. The average molecular weight is 283 g/mol. The van der Waals surface area contributed by atoms with Gasteiger partial charge in [0.25, 0.3) is 0 Å². The fourth-order valence-corrected chi connectivity index (χ4v) is 3.32. The normalized spacial score (nSPS) is 32.4. The van der Waals surface area contributed by atoms with Crippen molar-refractivity contribution in [3.8, 4) is 0 Å². The van der Waals surface area contributed by atoms with Crippen LogP contribution < -0.4 is 10.2 Å². The smallest absolute Gasteiger partial charge is 0.105 e. The maximum atomic E-state index is 10.5. The van der Waals surface area contributed by atoms with Crippen LogP contribution in [0.4, 0.5) is 5.69 Å². The zero-order valence-electron chi connectivity index (χ0n) is 9.20. The Balaban J connectivity index is 2.12. The fraction of sp³-hybridized carbons (Fsp3) is 0.500. The molecule has 0 aromatic heterocycles. The van der Waals surface area contributed by atoms with Gasteiger partial charge >= 0.3 is 0 Å². The van der Waals surface area contributed by atoms with Crippen molar-refractivity contribution in [1.82, 2.24) is 5.32 Å². The van der Waals surface area contributed by atoms with Gasteiger partial charge in [-0.3, -0.25) is 0 Å². The summed E-state index contributed by atoms with van der Waals surface area (Å²) in [6.45, 7) is 1.84. The first-order chi connectivity index (χ1) is 7.65. The summed E-state index contributed by atoms with van der Waals surface area (Å²) in [4.78, 5) is 2.23. The van der Waals surface area contributed by atoms with Gasteiger partial charge in [-0.15, -0.1) is 0 Å². The minimum atomic E-state index is -0.379. The number of benzene rings is 1. The second-order valence-corrected chi connectivity index (χ2v) is 5.61. The van der Waals surface area contributed by atoms with Crippen LogP contribution in [-0.4, -0.2) is 30.8 Å². The monoisotopic (exact) mass is 282 g/mol. The Hall–Kier alpha value is -0.580. The molecule has 16 heavy (non-hydrogen) atoms. The van der Waals surface area contributed by atoms with Gasteiger partial charge in [-0.05, 0) is 25.1 Å². The minimum absolute atomic E-state index is 0.136. The van der Waals surface area contributed by atoms with Crippen LogP contribution in [0.2, 0.25) is 0 Å². The molecule has 0 bridgehead atoms. The van der Waals surface area contributed by atoms with Crippen LogP contribution in [0.5, 0.6) is 0 Å². The van der Waals surface area contributed by atoms with E-state index in [0.29, 0.717) is 0 Å². The number of hydrogen-bond acceptors (Lipinski definition) is 3. The Morgan fingerprint density at radius 1 is 1.56 bits per heavy atom. The Morgan fingerprint density at radius 2 is 2.38 bits per heavy atom. The van der Waals surface area contributed by atoms with Gasteiger partial charge in [0, 0.05) is 29.3 Å². The summed E-state index contributed by atoms with van der Waals surface area (Å²) < 4.78 is 1.06. The molecule has 0 amide bonds. The summed E-state index contributed by atoms with van der Waals surface area (Å²) in [5.41, 5.74) is 2.06. The quantitative estimate of drug-likeness (QED) is 0.760. The lowest BCUT2D eigenvalue weighted by molar-refractivity contribution is 0.105. The second-order valence-electron chi connectivity index (χ2n) is 4.70. The average Bonchev–Trinajstić information content (AvgIpc) is 2.83. The predicted octanol–water partition coefficient (Wildman–Crippen LogP) is 1.66. The van der Waals surface area contributed by atoms with Crippen LogP contribution in [0.25, 0.3) is 0 Å². The van der Waals surface area contributed by atoms with Crippen LogP contribution in [0.1, 0.15) is 18.1 Å². The predicted molar refractivity (Wildman–Crippen MR) is 67.7 cm³/mol. The summed E-state index contributed by atoms with van der Waals surface area (Å²) in [5.74, 6) is 0. The van der Waals surface area contributed by atoms with Crippen LogP contribution >= 0.6 is 15.9 Å². The molecule has 1 saturated heterocycles. The molecule has 86 valence electrons. The Kier molecular flexibility index (Phi) is 2.28. The third-order valence-electron chi connectivity index (χ3n) is 3.99. The van der Waals surface area contributed by atoms with E-state index in [1.54, 1.807) is 0 Å². The van der Waals surface area contributed by atoms with Crippen molar-refractivity contribution in [1.29, 1.82) is 0 Å². The van der Waals surface area contributed by atoms with E-state index in [9.17, 15) is 5.11 Å². The number of hydrogen-bond donors (Lipinski definition) is 2. The number of likely N-dealkylation sites (N-methyl/N-ethyl adjacent to an activating group) is 1. The lowest BCUT2D eigenvalue weighted by Crippen LogP contribution is -2.48. The summed E-state index contributed by atoms with van der Waals surface area (Å²) in [6.07, 6.45) is 0.618. The van der Waals surface area contributed by atoms with E-state index in [2.05, 4.69) is 39.3 Å². The van der Waals surface area contributed by atoms with Crippen molar-refractivity contribution in [2.45, 2.75) is 18.1 Å².